The smallest absolute Gasteiger partial charge is 0.270 e. The van der Waals surface area contributed by atoms with E-state index >= 15 is 0 Å². The van der Waals surface area contributed by atoms with E-state index in [1.165, 1.54) is 6.92 Å². The van der Waals surface area contributed by atoms with E-state index in [9.17, 15) is 14.4 Å². The average molecular weight is 555 g/mol. The van der Waals surface area contributed by atoms with E-state index in [0.717, 1.165) is 11.3 Å². The van der Waals surface area contributed by atoms with Crippen molar-refractivity contribution in [1.29, 1.82) is 0 Å². The first-order valence-electron chi connectivity index (χ1n) is 13.7. The minimum absolute atomic E-state index is 0.0993. The number of benzene rings is 2. The predicted octanol–water partition coefficient (Wildman–Crippen LogP) is 3.01. The fraction of sp³-hybridized carbons (Fsp3) is 0.300. The third-order valence-corrected chi connectivity index (χ3v) is 7.26. The Morgan fingerprint density at radius 3 is 2.29 bits per heavy atom. The van der Waals surface area contributed by atoms with Gasteiger partial charge in [0, 0.05) is 51.4 Å². The van der Waals surface area contributed by atoms with E-state index in [1.807, 2.05) is 60.7 Å². The molecular weight excluding hydrogens is 520 g/mol. The maximum atomic E-state index is 13.6. The summed E-state index contributed by atoms with van der Waals surface area (Å²) in [5.74, 6) is 0.705. The molecule has 1 saturated heterocycles. The molecule has 41 heavy (non-hydrogen) atoms. The number of carbonyl (C=O) groups is 3. The van der Waals surface area contributed by atoms with Gasteiger partial charge in [0.15, 0.2) is 5.82 Å². The largest absolute Gasteiger partial charge is 0.371 e. The van der Waals surface area contributed by atoms with Gasteiger partial charge >= 0.3 is 0 Å². The number of hydrogen-bond donors (Lipinski definition) is 5. The number of anilines is 2. The number of para-hydroxylation sites is 1. The van der Waals surface area contributed by atoms with Crippen LogP contribution in [-0.2, 0) is 9.59 Å². The van der Waals surface area contributed by atoms with E-state index in [1.54, 1.807) is 18.0 Å². The second-order valence-corrected chi connectivity index (χ2v) is 10.1. The summed E-state index contributed by atoms with van der Waals surface area (Å²) in [7, 11) is 1.63. The standard InChI is InChI=1S/C30H34N8O3/c1-20(39)32-15-16-33-26-23-19-24(34-27(23)36-25(35-26)21-9-5-3-6-10-21)28(40)38-17-13-30(14-18-38,29(41)31-2)37-22-11-7-4-8-12-22/h3-12,19,37H,13-18H2,1-2H3,(H,31,41)(H,32,39)(H2,33,34,35,36). The van der Waals surface area contributed by atoms with Crippen LogP contribution in [0.5, 0.6) is 0 Å². The molecule has 0 aliphatic carbocycles. The molecule has 0 bridgehead atoms. The van der Waals surface area contributed by atoms with E-state index in [4.69, 9.17) is 9.97 Å². The zero-order chi connectivity index (χ0) is 28.8. The number of aromatic amines is 1. The lowest BCUT2D eigenvalue weighted by atomic mass is 9.86. The lowest BCUT2D eigenvalue weighted by Crippen LogP contribution is -2.58. The minimum Gasteiger partial charge on any atom is -0.371 e. The Morgan fingerprint density at radius 1 is 0.951 bits per heavy atom. The van der Waals surface area contributed by atoms with Crippen LogP contribution in [0.1, 0.15) is 30.3 Å². The number of carbonyl (C=O) groups excluding carboxylic acids is 3. The summed E-state index contributed by atoms with van der Waals surface area (Å²) in [5.41, 5.74) is 1.82. The summed E-state index contributed by atoms with van der Waals surface area (Å²) in [6.45, 7) is 3.16. The molecule has 0 atom stereocenters. The normalized spacial score (nSPS) is 14.3. The second kappa shape index (κ2) is 12.1. The highest BCUT2D eigenvalue weighted by Crippen LogP contribution is 2.30. The van der Waals surface area contributed by atoms with Crippen LogP contribution in [0.2, 0.25) is 0 Å². The molecule has 0 radical (unpaired) electrons. The predicted molar refractivity (Wildman–Crippen MR) is 158 cm³/mol. The maximum absolute atomic E-state index is 13.6. The summed E-state index contributed by atoms with van der Waals surface area (Å²) < 4.78 is 0. The lowest BCUT2D eigenvalue weighted by Gasteiger charge is -2.41. The lowest BCUT2D eigenvalue weighted by molar-refractivity contribution is -0.126. The van der Waals surface area contributed by atoms with Gasteiger partial charge in [-0.3, -0.25) is 14.4 Å². The highest BCUT2D eigenvalue weighted by Gasteiger charge is 2.42. The number of rotatable bonds is 9. The fourth-order valence-electron chi connectivity index (χ4n) is 5.10. The van der Waals surface area contributed by atoms with Gasteiger partial charge in [-0.15, -0.1) is 0 Å². The summed E-state index contributed by atoms with van der Waals surface area (Å²) >= 11 is 0. The number of amides is 3. The van der Waals surface area contributed by atoms with Gasteiger partial charge in [-0.25, -0.2) is 9.97 Å². The monoisotopic (exact) mass is 554 g/mol. The molecule has 2 aromatic heterocycles. The molecule has 11 heteroatoms. The first kappa shape index (κ1) is 27.6. The SMILES string of the molecule is CNC(=O)C1(Nc2ccccc2)CCN(C(=O)c2cc3c(NCCNC(C)=O)nc(-c4ccccc4)nc3[nH]2)CC1. The Balaban J connectivity index is 1.38. The molecule has 0 saturated carbocycles. The molecule has 5 rings (SSSR count). The molecule has 11 nitrogen and oxygen atoms in total. The third kappa shape index (κ3) is 6.13. The van der Waals surface area contributed by atoms with Crippen LogP contribution in [0.3, 0.4) is 0 Å². The molecular formula is C30H34N8O3. The summed E-state index contributed by atoms with van der Waals surface area (Å²) in [6.07, 6.45) is 0.920. The van der Waals surface area contributed by atoms with Crippen LogP contribution < -0.4 is 21.3 Å². The topological polar surface area (TPSA) is 144 Å². The van der Waals surface area contributed by atoms with Crippen LogP contribution in [0.25, 0.3) is 22.4 Å². The van der Waals surface area contributed by atoms with E-state index in [0.29, 0.717) is 67.4 Å². The molecule has 1 aliphatic rings. The first-order valence-corrected chi connectivity index (χ1v) is 13.7. The van der Waals surface area contributed by atoms with Crippen molar-refractivity contribution >= 4 is 40.3 Å². The molecule has 3 heterocycles. The summed E-state index contributed by atoms with van der Waals surface area (Å²) in [5, 5.41) is 12.9. The zero-order valence-corrected chi connectivity index (χ0v) is 23.2. The van der Waals surface area contributed by atoms with Crippen molar-refractivity contribution in [2.45, 2.75) is 25.3 Å². The number of likely N-dealkylation sites (N-methyl/N-ethyl adjacent to an activating group) is 1. The Morgan fingerprint density at radius 2 is 1.63 bits per heavy atom. The number of likely N-dealkylation sites (tertiary alicyclic amines) is 1. The van der Waals surface area contributed by atoms with Crippen molar-refractivity contribution in [2.24, 2.45) is 0 Å². The summed E-state index contributed by atoms with van der Waals surface area (Å²) in [4.78, 5) is 52.3. The number of nitrogens with one attached hydrogen (secondary N) is 5. The Hall–Kier alpha value is -4.93. The van der Waals surface area contributed by atoms with Crippen molar-refractivity contribution in [3.05, 3.63) is 72.4 Å². The van der Waals surface area contributed by atoms with Crippen molar-refractivity contribution in [2.75, 3.05) is 43.9 Å². The highest BCUT2D eigenvalue weighted by atomic mass is 16.2. The van der Waals surface area contributed by atoms with Crippen LogP contribution in [0.4, 0.5) is 11.5 Å². The molecule has 3 amide bonds. The molecule has 1 fully saturated rings. The average Bonchev–Trinajstić information content (AvgIpc) is 3.44. The number of aromatic nitrogens is 3. The molecule has 1 aliphatic heterocycles. The van der Waals surface area contributed by atoms with E-state index < -0.39 is 5.54 Å². The van der Waals surface area contributed by atoms with Gasteiger partial charge < -0.3 is 31.2 Å². The third-order valence-electron chi connectivity index (χ3n) is 7.26. The molecule has 212 valence electrons. The van der Waals surface area contributed by atoms with Gasteiger partial charge in [0.1, 0.15) is 22.7 Å². The first-order chi connectivity index (χ1) is 19.9. The molecule has 0 spiro atoms. The number of H-pyrrole nitrogens is 1. The van der Waals surface area contributed by atoms with Gasteiger partial charge in [-0.05, 0) is 31.0 Å². The van der Waals surface area contributed by atoms with Crippen LogP contribution in [0.15, 0.2) is 66.7 Å². The second-order valence-electron chi connectivity index (χ2n) is 10.1. The Kier molecular flexibility index (Phi) is 8.14. The number of fused-ring (bicyclic) bond motifs is 1. The van der Waals surface area contributed by atoms with Gasteiger partial charge in [0.25, 0.3) is 5.91 Å². The highest BCUT2D eigenvalue weighted by molar-refractivity contribution is 6.00. The zero-order valence-electron chi connectivity index (χ0n) is 23.2. The van der Waals surface area contributed by atoms with Crippen molar-refractivity contribution in [1.82, 2.24) is 30.5 Å². The van der Waals surface area contributed by atoms with Crippen LogP contribution in [-0.4, -0.2) is 76.3 Å². The van der Waals surface area contributed by atoms with Crippen molar-refractivity contribution in [3.63, 3.8) is 0 Å². The van der Waals surface area contributed by atoms with Crippen molar-refractivity contribution in [3.8, 4) is 11.4 Å². The Bertz CT molecular complexity index is 1530. The maximum Gasteiger partial charge on any atom is 0.270 e. The number of nitrogens with zero attached hydrogens (tertiary/aromatic N) is 3. The van der Waals surface area contributed by atoms with Gasteiger partial charge in [-0.2, -0.15) is 0 Å². The minimum atomic E-state index is -0.811. The van der Waals surface area contributed by atoms with Crippen LogP contribution in [0, 0.1) is 0 Å². The quantitative estimate of drug-likeness (QED) is 0.200. The number of hydrogen-bond acceptors (Lipinski definition) is 7. The van der Waals surface area contributed by atoms with Gasteiger partial charge in [0.05, 0.1) is 5.39 Å². The summed E-state index contributed by atoms with van der Waals surface area (Å²) in [6, 6.07) is 21.0. The van der Waals surface area contributed by atoms with Gasteiger partial charge in [0.2, 0.25) is 11.8 Å². The molecule has 0 unspecified atom stereocenters. The van der Waals surface area contributed by atoms with Gasteiger partial charge in [-0.1, -0.05) is 48.5 Å². The Labute approximate surface area is 238 Å². The van der Waals surface area contributed by atoms with E-state index in [2.05, 4.69) is 26.3 Å². The van der Waals surface area contributed by atoms with E-state index in [-0.39, 0.29) is 17.7 Å². The number of piperidine rings is 1. The molecule has 5 N–H and O–H groups in total. The molecule has 4 aromatic rings. The fourth-order valence-corrected chi connectivity index (χ4v) is 5.10. The molecule has 2 aromatic carbocycles. The van der Waals surface area contributed by atoms with Crippen LogP contribution >= 0.6 is 0 Å². The van der Waals surface area contributed by atoms with Crippen molar-refractivity contribution < 1.29 is 14.4 Å².